The van der Waals surface area contributed by atoms with Crippen molar-refractivity contribution < 1.29 is 9.59 Å². The number of aromatic nitrogens is 2. The van der Waals surface area contributed by atoms with Crippen LogP contribution in [-0.4, -0.2) is 27.8 Å². The van der Waals surface area contributed by atoms with Crippen molar-refractivity contribution in [2.45, 2.75) is 0 Å². The molecule has 0 aliphatic carbocycles. The van der Waals surface area contributed by atoms with Gasteiger partial charge in [-0.1, -0.05) is 64.5 Å². The van der Waals surface area contributed by atoms with Crippen molar-refractivity contribution in [1.82, 2.24) is 15.2 Å². The molecule has 3 aromatic carbocycles. The number of carbonyl (C=O) groups excluding carboxylic acids is 2. The van der Waals surface area contributed by atoms with E-state index in [1.54, 1.807) is 28.9 Å². The highest BCUT2D eigenvalue weighted by Crippen LogP contribution is 2.24. The number of hydrogen-bond acceptors (Lipinski definition) is 4. The van der Waals surface area contributed by atoms with Crippen LogP contribution >= 0.6 is 15.9 Å². The second kappa shape index (κ2) is 9.84. The van der Waals surface area contributed by atoms with E-state index in [-0.39, 0.29) is 0 Å². The second-order valence-electron chi connectivity index (χ2n) is 6.74. The zero-order chi connectivity index (χ0) is 22.3. The Labute approximate surface area is 192 Å². The molecule has 0 bridgehead atoms. The summed E-state index contributed by atoms with van der Waals surface area (Å²) in [5, 5.41) is 11.2. The number of amides is 2. The fourth-order valence-electron chi connectivity index (χ4n) is 2.95. The van der Waals surface area contributed by atoms with Crippen molar-refractivity contribution in [2.75, 3.05) is 5.32 Å². The SMILES string of the molecule is O=C(N/N=C/c1cn(-c2ccccc2)nc1-c1ccc(Br)cc1)C(=O)Nc1ccccc1. The quantitative estimate of drug-likeness (QED) is 0.248. The van der Waals surface area contributed by atoms with Crippen LogP contribution in [0.3, 0.4) is 0 Å². The first-order valence-electron chi connectivity index (χ1n) is 9.70. The molecule has 0 saturated carbocycles. The smallest absolute Gasteiger partial charge is 0.318 e. The number of para-hydroxylation sites is 2. The summed E-state index contributed by atoms with van der Waals surface area (Å²) in [7, 11) is 0. The molecule has 0 spiro atoms. The highest BCUT2D eigenvalue weighted by atomic mass is 79.9. The summed E-state index contributed by atoms with van der Waals surface area (Å²) in [5.74, 6) is -1.67. The van der Waals surface area contributed by atoms with Crippen molar-refractivity contribution in [3.63, 3.8) is 0 Å². The third-order valence-corrected chi connectivity index (χ3v) is 5.02. The lowest BCUT2D eigenvalue weighted by Gasteiger charge is -2.03. The normalized spacial score (nSPS) is 10.8. The number of hydrazone groups is 1. The average molecular weight is 488 g/mol. The Morgan fingerprint density at radius 2 is 1.53 bits per heavy atom. The Hall–Kier alpha value is -4.04. The fourth-order valence-corrected chi connectivity index (χ4v) is 3.21. The van der Waals surface area contributed by atoms with Gasteiger partial charge in [0.1, 0.15) is 5.69 Å². The van der Waals surface area contributed by atoms with E-state index in [1.165, 1.54) is 6.21 Å². The zero-order valence-corrected chi connectivity index (χ0v) is 18.4. The van der Waals surface area contributed by atoms with Crippen molar-refractivity contribution in [2.24, 2.45) is 5.10 Å². The van der Waals surface area contributed by atoms with Gasteiger partial charge in [-0.25, -0.2) is 10.1 Å². The van der Waals surface area contributed by atoms with Gasteiger partial charge in [0.15, 0.2) is 0 Å². The van der Waals surface area contributed by atoms with Gasteiger partial charge in [0.05, 0.1) is 11.9 Å². The molecule has 4 aromatic rings. The maximum absolute atomic E-state index is 12.1. The molecule has 8 heteroatoms. The molecule has 0 aliphatic heterocycles. The van der Waals surface area contributed by atoms with Crippen molar-refractivity contribution in [3.05, 3.63) is 101 Å². The van der Waals surface area contributed by atoms with Crippen LogP contribution in [0.4, 0.5) is 5.69 Å². The van der Waals surface area contributed by atoms with Crippen molar-refractivity contribution in [3.8, 4) is 16.9 Å². The third-order valence-electron chi connectivity index (χ3n) is 4.49. The largest absolute Gasteiger partial charge is 0.329 e. The van der Waals surface area contributed by atoms with E-state index in [0.29, 0.717) is 16.9 Å². The average Bonchev–Trinajstić information content (AvgIpc) is 3.25. The van der Waals surface area contributed by atoms with Gasteiger partial charge < -0.3 is 5.32 Å². The number of benzene rings is 3. The minimum absolute atomic E-state index is 0.526. The molecule has 0 aliphatic rings. The number of anilines is 1. The topological polar surface area (TPSA) is 88.4 Å². The molecule has 1 heterocycles. The van der Waals surface area contributed by atoms with Gasteiger partial charge in [-0.2, -0.15) is 10.2 Å². The molecule has 7 nitrogen and oxygen atoms in total. The van der Waals surface area contributed by atoms with Crippen LogP contribution in [0.1, 0.15) is 5.56 Å². The predicted molar refractivity (Wildman–Crippen MR) is 128 cm³/mol. The monoisotopic (exact) mass is 487 g/mol. The summed E-state index contributed by atoms with van der Waals surface area (Å²) in [4.78, 5) is 24.1. The Morgan fingerprint density at radius 3 is 2.22 bits per heavy atom. The van der Waals surface area contributed by atoms with Gasteiger partial charge >= 0.3 is 11.8 Å². The standard InChI is InChI=1S/C24H18BrN5O2/c25-19-13-11-17(12-14-19)22-18(16-30(29-22)21-9-5-2-6-10-21)15-26-28-24(32)23(31)27-20-7-3-1-4-8-20/h1-16H,(H,27,31)(H,28,32)/b26-15+. The molecule has 0 saturated heterocycles. The van der Waals surface area contributed by atoms with Crippen LogP contribution in [0.5, 0.6) is 0 Å². The van der Waals surface area contributed by atoms with Crippen LogP contribution in [0, 0.1) is 0 Å². The Morgan fingerprint density at radius 1 is 0.875 bits per heavy atom. The summed E-state index contributed by atoms with van der Waals surface area (Å²) < 4.78 is 2.69. The first-order chi connectivity index (χ1) is 15.6. The lowest BCUT2D eigenvalue weighted by molar-refractivity contribution is -0.136. The number of rotatable bonds is 5. The first kappa shape index (κ1) is 21.2. The molecule has 158 valence electrons. The molecule has 1 aromatic heterocycles. The number of nitrogens with one attached hydrogen (secondary N) is 2. The molecule has 0 unspecified atom stereocenters. The Balaban J connectivity index is 1.54. The maximum atomic E-state index is 12.1. The van der Waals surface area contributed by atoms with Gasteiger partial charge in [0.25, 0.3) is 0 Å². The van der Waals surface area contributed by atoms with Crippen LogP contribution in [-0.2, 0) is 9.59 Å². The van der Waals surface area contributed by atoms with E-state index in [1.807, 2.05) is 66.9 Å². The summed E-state index contributed by atoms with van der Waals surface area (Å²) in [6.07, 6.45) is 3.28. The second-order valence-corrected chi connectivity index (χ2v) is 7.66. The van der Waals surface area contributed by atoms with E-state index >= 15 is 0 Å². The molecular weight excluding hydrogens is 470 g/mol. The number of carbonyl (C=O) groups is 2. The summed E-state index contributed by atoms with van der Waals surface area (Å²) in [5.41, 5.74) is 5.93. The maximum Gasteiger partial charge on any atom is 0.329 e. The predicted octanol–water partition coefficient (Wildman–Crippen LogP) is 4.39. The van der Waals surface area contributed by atoms with Crippen LogP contribution in [0.25, 0.3) is 16.9 Å². The first-order valence-corrected chi connectivity index (χ1v) is 10.5. The molecule has 0 atom stereocenters. The molecule has 32 heavy (non-hydrogen) atoms. The summed E-state index contributed by atoms with van der Waals surface area (Å²) >= 11 is 3.44. The number of hydrogen-bond donors (Lipinski definition) is 2. The number of halogens is 1. The van der Waals surface area contributed by atoms with Crippen LogP contribution in [0.2, 0.25) is 0 Å². The fraction of sp³-hybridized carbons (Fsp3) is 0. The van der Waals surface area contributed by atoms with E-state index in [9.17, 15) is 9.59 Å². The Bertz CT molecular complexity index is 1250. The van der Waals surface area contributed by atoms with Crippen LogP contribution in [0.15, 0.2) is 101 Å². The lowest BCUT2D eigenvalue weighted by Crippen LogP contribution is -2.32. The lowest BCUT2D eigenvalue weighted by atomic mass is 10.1. The van der Waals surface area contributed by atoms with Crippen molar-refractivity contribution >= 4 is 39.6 Å². The van der Waals surface area contributed by atoms with Gasteiger partial charge in [-0.15, -0.1) is 0 Å². The van der Waals surface area contributed by atoms with Gasteiger partial charge in [0.2, 0.25) is 0 Å². The minimum Gasteiger partial charge on any atom is -0.318 e. The molecule has 2 N–H and O–H groups in total. The molecule has 4 rings (SSSR count). The van der Waals surface area contributed by atoms with Gasteiger partial charge in [-0.3, -0.25) is 9.59 Å². The molecule has 2 amide bonds. The van der Waals surface area contributed by atoms with E-state index in [2.05, 4.69) is 36.9 Å². The third kappa shape index (κ3) is 5.16. The summed E-state index contributed by atoms with van der Waals surface area (Å²) in [6.45, 7) is 0. The van der Waals surface area contributed by atoms with E-state index in [0.717, 1.165) is 15.7 Å². The zero-order valence-electron chi connectivity index (χ0n) is 16.8. The van der Waals surface area contributed by atoms with Crippen LogP contribution < -0.4 is 10.7 Å². The minimum atomic E-state index is -0.870. The molecule has 0 radical (unpaired) electrons. The van der Waals surface area contributed by atoms with Gasteiger partial charge in [0, 0.05) is 27.5 Å². The highest BCUT2D eigenvalue weighted by molar-refractivity contribution is 9.10. The highest BCUT2D eigenvalue weighted by Gasteiger charge is 2.14. The summed E-state index contributed by atoms with van der Waals surface area (Å²) in [6, 6.07) is 26.1. The van der Waals surface area contributed by atoms with Gasteiger partial charge in [-0.05, 0) is 36.4 Å². The van der Waals surface area contributed by atoms with E-state index < -0.39 is 11.8 Å². The Kier molecular flexibility index (Phi) is 6.52. The van der Waals surface area contributed by atoms with E-state index in [4.69, 9.17) is 0 Å². The molecular formula is C24H18BrN5O2. The molecule has 0 fully saturated rings. The van der Waals surface area contributed by atoms with Crippen molar-refractivity contribution in [1.29, 1.82) is 0 Å². The number of nitrogens with zero attached hydrogens (tertiary/aromatic N) is 3.